The summed E-state index contributed by atoms with van der Waals surface area (Å²) in [7, 11) is 0. The average Bonchev–Trinajstić information content (AvgIpc) is 3.79. The molecule has 0 saturated heterocycles. The summed E-state index contributed by atoms with van der Waals surface area (Å²) >= 11 is 11.5. The Labute approximate surface area is 246 Å². The SMILES string of the molecule is C1CC1.C1CCC1.CC(=O)OOC(C)=O.O=C(OOC(=O)c1cccc(Cl)c1)c1cccc(Cl)c1.O=COOC=O. The number of benzene rings is 2. The van der Waals surface area contributed by atoms with Crippen LogP contribution in [0.1, 0.15) is 79.5 Å². The highest BCUT2D eigenvalue weighted by Crippen LogP contribution is 2.16. The Kier molecular flexibility index (Phi) is 21.3. The monoisotopic (exact) mass is 616 g/mol. The van der Waals surface area contributed by atoms with Gasteiger partial charge in [-0.2, -0.15) is 0 Å². The van der Waals surface area contributed by atoms with Crippen molar-refractivity contribution in [1.29, 1.82) is 0 Å². The summed E-state index contributed by atoms with van der Waals surface area (Å²) < 4.78 is 0. The first kappa shape index (κ1) is 36.8. The van der Waals surface area contributed by atoms with Crippen LogP contribution >= 0.6 is 23.2 Å². The van der Waals surface area contributed by atoms with E-state index in [2.05, 4.69) is 29.3 Å². The molecule has 2 saturated carbocycles. The molecule has 2 aromatic carbocycles. The molecular formula is C27H30Cl2O12. The van der Waals surface area contributed by atoms with Gasteiger partial charge >= 0.3 is 36.8 Å². The maximum Gasteiger partial charge on any atom is 0.386 e. The zero-order valence-electron chi connectivity index (χ0n) is 22.4. The van der Waals surface area contributed by atoms with Crippen LogP contribution < -0.4 is 0 Å². The lowest BCUT2D eigenvalue weighted by Gasteiger charge is -2.05. The van der Waals surface area contributed by atoms with E-state index >= 15 is 0 Å². The molecule has 0 atom stereocenters. The van der Waals surface area contributed by atoms with Crippen molar-refractivity contribution in [1.82, 2.24) is 0 Å². The molecule has 41 heavy (non-hydrogen) atoms. The minimum atomic E-state index is -0.817. The van der Waals surface area contributed by atoms with Gasteiger partial charge in [-0.15, -0.1) is 0 Å². The summed E-state index contributed by atoms with van der Waals surface area (Å²) in [4.78, 5) is 84.4. The number of hydrogen-bond acceptors (Lipinski definition) is 12. The van der Waals surface area contributed by atoms with Gasteiger partial charge in [-0.1, -0.05) is 80.3 Å². The van der Waals surface area contributed by atoms with Gasteiger partial charge in [0, 0.05) is 23.9 Å². The van der Waals surface area contributed by atoms with Gasteiger partial charge in [-0.25, -0.2) is 38.7 Å². The highest BCUT2D eigenvalue weighted by molar-refractivity contribution is 6.31. The first-order valence-electron chi connectivity index (χ1n) is 12.1. The average molecular weight is 617 g/mol. The second kappa shape index (κ2) is 23.7. The fraction of sp³-hybridized carbons (Fsp3) is 0.333. The van der Waals surface area contributed by atoms with Crippen LogP contribution in [0.2, 0.25) is 10.0 Å². The van der Waals surface area contributed by atoms with E-state index in [1.807, 2.05) is 0 Å². The molecule has 0 bridgehead atoms. The Morgan fingerprint density at radius 1 is 0.585 bits per heavy atom. The van der Waals surface area contributed by atoms with Gasteiger partial charge in [-0.05, 0) is 36.4 Å². The Bertz CT molecular complexity index is 1010. The molecule has 0 unspecified atom stereocenters. The molecule has 2 fully saturated rings. The predicted molar refractivity (Wildman–Crippen MR) is 144 cm³/mol. The first-order chi connectivity index (χ1) is 19.6. The van der Waals surface area contributed by atoms with Crippen molar-refractivity contribution >= 4 is 60.0 Å². The molecule has 0 spiro atoms. The highest BCUT2D eigenvalue weighted by atomic mass is 35.5. The third-order valence-electron chi connectivity index (χ3n) is 4.08. The summed E-state index contributed by atoms with van der Waals surface area (Å²) in [5.74, 6) is -2.91. The number of carbonyl (C=O) groups excluding carboxylic acids is 6. The molecule has 0 N–H and O–H groups in total. The third kappa shape index (κ3) is 23.4. The summed E-state index contributed by atoms with van der Waals surface area (Å²) in [6.07, 6.45) is 10.5. The van der Waals surface area contributed by atoms with Crippen molar-refractivity contribution in [2.24, 2.45) is 0 Å². The third-order valence-corrected chi connectivity index (χ3v) is 4.55. The molecule has 4 rings (SSSR count). The van der Waals surface area contributed by atoms with E-state index in [0.717, 1.165) is 13.8 Å². The van der Waals surface area contributed by atoms with Crippen molar-refractivity contribution in [3.63, 3.8) is 0 Å². The van der Waals surface area contributed by atoms with Gasteiger partial charge in [0.15, 0.2) is 0 Å². The van der Waals surface area contributed by atoms with Crippen LogP contribution in [0.3, 0.4) is 0 Å². The Hall–Kier alpha value is -4.16. The lowest BCUT2D eigenvalue weighted by Crippen LogP contribution is -2.11. The van der Waals surface area contributed by atoms with E-state index in [-0.39, 0.29) is 24.1 Å². The zero-order valence-corrected chi connectivity index (χ0v) is 23.9. The number of hydrogen-bond donors (Lipinski definition) is 0. The van der Waals surface area contributed by atoms with Crippen molar-refractivity contribution in [3.8, 4) is 0 Å². The summed E-state index contributed by atoms with van der Waals surface area (Å²) in [5.41, 5.74) is 0.354. The molecule has 2 aliphatic rings. The maximum atomic E-state index is 11.6. The van der Waals surface area contributed by atoms with E-state index in [9.17, 15) is 19.2 Å². The molecule has 0 heterocycles. The van der Waals surface area contributed by atoms with Crippen molar-refractivity contribution in [3.05, 3.63) is 69.7 Å². The molecular weight excluding hydrogens is 587 g/mol. The van der Waals surface area contributed by atoms with Crippen LogP contribution in [0.25, 0.3) is 0 Å². The lowest BCUT2D eigenvalue weighted by atomic mass is 10.0. The van der Waals surface area contributed by atoms with Crippen molar-refractivity contribution in [2.75, 3.05) is 0 Å². The van der Waals surface area contributed by atoms with E-state index in [1.165, 1.54) is 69.2 Å². The van der Waals surface area contributed by atoms with Gasteiger partial charge in [0.2, 0.25) is 0 Å². The molecule has 2 aliphatic carbocycles. The zero-order chi connectivity index (χ0) is 30.9. The quantitative estimate of drug-likeness (QED) is 0.169. The minimum absolute atomic E-state index is 0.00833. The largest absolute Gasteiger partial charge is 0.386 e. The van der Waals surface area contributed by atoms with Crippen LogP contribution in [0.5, 0.6) is 0 Å². The Morgan fingerprint density at radius 2 is 0.902 bits per heavy atom. The smallest absolute Gasteiger partial charge is 0.251 e. The van der Waals surface area contributed by atoms with Crippen molar-refractivity contribution in [2.45, 2.75) is 58.8 Å². The fourth-order valence-corrected chi connectivity index (χ4v) is 2.20. The first-order valence-corrected chi connectivity index (χ1v) is 12.9. The molecule has 2 aromatic rings. The fourth-order valence-electron chi connectivity index (χ4n) is 1.82. The maximum absolute atomic E-state index is 11.6. The number of halogens is 2. The standard InChI is InChI=1S/C14H8Cl2O4.C4H6O4.C4H8.C3H6.C2H2O4/c15-11-5-1-3-9(7-11)13(17)19-20-14(18)10-4-2-6-12(16)8-10;1-3(5)7-8-4(2)6;1-2-4-3-1;1-2-3-1;3-1-5-6-2-4/h1-8H;1-2H3;1-4H2;1-3H2;1-2H. The summed E-state index contributed by atoms with van der Waals surface area (Å²) in [6, 6.07) is 12.2. The number of carbonyl (C=O) groups is 6. The Balaban J connectivity index is 0.000000617. The molecule has 0 amide bonds. The summed E-state index contributed by atoms with van der Waals surface area (Å²) in [5, 5.41) is 0.751. The number of rotatable bonds is 5. The van der Waals surface area contributed by atoms with Gasteiger partial charge in [0.1, 0.15) is 0 Å². The van der Waals surface area contributed by atoms with Gasteiger partial charge in [0.25, 0.3) is 0 Å². The highest BCUT2D eigenvalue weighted by Gasteiger charge is 2.14. The molecule has 0 aromatic heterocycles. The van der Waals surface area contributed by atoms with E-state index < -0.39 is 23.9 Å². The van der Waals surface area contributed by atoms with Crippen LogP contribution in [0.4, 0.5) is 0 Å². The molecule has 14 heteroatoms. The molecule has 224 valence electrons. The molecule has 0 radical (unpaired) electrons. The lowest BCUT2D eigenvalue weighted by molar-refractivity contribution is -0.255. The van der Waals surface area contributed by atoms with Crippen molar-refractivity contribution < 1.29 is 58.1 Å². The minimum Gasteiger partial charge on any atom is -0.251 e. The van der Waals surface area contributed by atoms with Gasteiger partial charge in [-0.3, -0.25) is 19.4 Å². The molecule has 12 nitrogen and oxygen atoms in total. The van der Waals surface area contributed by atoms with Crippen LogP contribution in [-0.2, 0) is 48.5 Å². The van der Waals surface area contributed by atoms with Crippen LogP contribution in [0, 0.1) is 0 Å². The second-order valence-corrected chi connectivity index (χ2v) is 8.64. The van der Waals surface area contributed by atoms with E-state index in [1.54, 1.807) is 24.3 Å². The van der Waals surface area contributed by atoms with Gasteiger partial charge < -0.3 is 0 Å². The van der Waals surface area contributed by atoms with Crippen LogP contribution in [-0.4, -0.2) is 36.8 Å². The Morgan fingerprint density at radius 3 is 1.12 bits per heavy atom. The van der Waals surface area contributed by atoms with Crippen LogP contribution in [0.15, 0.2) is 48.5 Å². The predicted octanol–water partition coefficient (Wildman–Crippen LogP) is 5.93. The second-order valence-electron chi connectivity index (χ2n) is 7.77. The topological polar surface area (TPSA) is 158 Å². The summed E-state index contributed by atoms with van der Waals surface area (Å²) in [6.45, 7) is 2.30. The molecule has 0 aliphatic heterocycles. The van der Waals surface area contributed by atoms with E-state index in [0.29, 0.717) is 10.0 Å². The normalized spacial score (nSPS) is 11.3. The van der Waals surface area contributed by atoms with E-state index in [4.69, 9.17) is 32.8 Å². The van der Waals surface area contributed by atoms with Gasteiger partial charge in [0.05, 0.1) is 11.1 Å².